The third kappa shape index (κ3) is 90.9. The molecule has 12 rings (SSSR count). The Morgan fingerprint density at radius 1 is 0.357 bits per heavy atom. The number of ketones is 3. The van der Waals surface area contributed by atoms with Crippen LogP contribution >= 0.6 is 0 Å². The molecule has 770 valence electrons. The maximum Gasteiger partial charge on any atom is 0.222 e. The molecule has 0 unspecified atom stereocenters. The molecule has 0 aromatic rings. The number of aliphatic imine (C=N–C) groups is 1. The maximum atomic E-state index is 11.5. The van der Waals surface area contributed by atoms with E-state index < -0.39 is 0 Å². The summed E-state index contributed by atoms with van der Waals surface area (Å²) in [5.41, 5.74) is 2.52. The van der Waals surface area contributed by atoms with Crippen molar-refractivity contribution in [2.24, 2.45) is 104 Å². The Hall–Kier alpha value is -3.33. The second-order valence-corrected chi connectivity index (χ2v) is 44.4. The number of nitrogens with zero attached hydrogens (tertiary/aromatic N) is 5. The molecule has 6 aliphatic carbocycles. The number of rotatable bonds is 29. The van der Waals surface area contributed by atoms with Crippen molar-refractivity contribution < 1.29 is 43.3 Å². The molecule has 6 aliphatic heterocycles. The van der Waals surface area contributed by atoms with E-state index in [-0.39, 0.29) is 0 Å². The van der Waals surface area contributed by atoms with Gasteiger partial charge in [-0.25, -0.2) is 0 Å². The molecule has 1 N–H and O–H groups in total. The molecule has 3 amide bonds. The number of morpholine rings is 1. The summed E-state index contributed by atoms with van der Waals surface area (Å²) < 4.78 is 9.96. The fourth-order valence-corrected chi connectivity index (χ4v) is 16.3. The zero-order chi connectivity index (χ0) is 100.0. The summed E-state index contributed by atoms with van der Waals surface area (Å²) in [5, 5.41) is 7.00. The number of carbonyl (C=O) groups excluding carboxylic acids is 6. The van der Waals surface area contributed by atoms with Gasteiger partial charge in [0.05, 0.1) is 19.8 Å². The lowest BCUT2D eigenvalue weighted by atomic mass is 9.80. The SMILES string of the molecule is C1=CCN=C1.C1CCCC1.C1COC1.CC.CC.CC(=O)CC1(CC(C)C)CC1.CC(=O)CC1(CC(C)C)CC1.CC(C)CC(=O)N1CCC1.CC(C)CC(=O)N1CCCC1.CC(C)CC(=O)N1CCCCC1.CC(C)CC1CCC1.CC(C)CN1CCOCC1.CCC(=O)CC(C)C.CCC(C)C.CCC(C)C.CCC1(CC(C)C)CC1.CCC1(CC(C)C)CC1.CO. The van der Waals surface area contributed by atoms with E-state index in [1.807, 2.05) is 61.5 Å². The summed E-state index contributed by atoms with van der Waals surface area (Å²) >= 11 is 0. The van der Waals surface area contributed by atoms with Crippen molar-refractivity contribution in [2.45, 2.75) is 493 Å². The van der Waals surface area contributed by atoms with E-state index >= 15 is 0 Å². The number of carbonyl (C=O) groups is 6. The van der Waals surface area contributed by atoms with Gasteiger partial charge in [-0.3, -0.25) is 29.1 Å². The highest BCUT2D eigenvalue weighted by atomic mass is 16.5. The van der Waals surface area contributed by atoms with Crippen molar-refractivity contribution in [3.63, 3.8) is 0 Å². The van der Waals surface area contributed by atoms with Crippen molar-refractivity contribution in [1.82, 2.24) is 19.6 Å². The predicted octanol–water partition coefficient (Wildman–Crippen LogP) is 31.6. The van der Waals surface area contributed by atoms with Gasteiger partial charge in [-0.05, 0) is 247 Å². The number of allylic oxidation sites excluding steroid dienone is 1. The number of aliphatic hydroxyl groups excluding tert-OH is 1. The molecule has 14 nitrogen and oxygen atoms in total. The molecular formula is C115H231N5O9. The summed E-state index contributed by atoms with van der Waals surface area (Å²) in [7, 11) is 1.00. The Morgan fingerprint density at radius 2 is 0.643 bits per heavy atom. The van der Waals surface area contributed by atoms with Crippen LogP contribution in [0, 0.1) is 98.6 Å². The highest BCUT2D eigenvalue weighted by molar-refractivity contribution is 5.79. The summed E-state index contributed by atoms with van der Waals surface area (Å²) in [5.74, 6) is 12.1. The number of hydrogen-bond acceptors (Lipinski definition) is 11. The first-order valence-electron chi connectivity index (χ1n) is 54.6. The van der Waals surface area contributed by atoms with E-state index in [1.54, 1.807) is 20.1 Å². The minimum atomic E-state index is 0.334. The van der Waals surface area contributed by atoms with Crippen LogP contribution in [0.4, 0.5) is 0 Å². The zero-order valence-electron chi connectivity index (χ0n) is 93.7. The second-order valence-electron chi connectivity index (χ2n) is 44.4. The van der Waals surface area contributed by atoms with Crippen LogP contribution in [0.3, 0.4) is 0 Å². The molecule has 6 heterocycles. The number of Topliss-reactive ketones (excluding diaryl/α,β-unsaturated/α-hetero) is 3. The zero-order valence-corrected chi connectivity index (χ0v) is 93.7. The van der Waals surface area contributed by atoms with Crippen molar-refractivity contribution >= 4 is 41.3 Å². The number of piperidine rings is 1. The van der Waals surface area contributed by atoms with E-state index in [1.165, 1.54) is 212 Å². The first-order valence-corrected chi connectivity index (χ1v) is 54.6. The molecule has 0 radical (unpaired) electrons. The maximum absolute atomic E-state index is 11.5. The standard InChI is InChI=1S/C10H19NO.2C10H18O.C9H17NO.2C9H18.C8H17NO.C8H15NO.C8H16.C7H14O.C5H10.2C5H12.C4H5N.C3H6O.2C2H6.CH4O/c1-9(2)8-10(12)11-6-4-3-5-7-11;2*1-8(2)6-10(4-5-10)7-9(3)11;1-8(2)7-9(11)10-5-3-4-6-10;2*1-4-9(5-6-9)7-8(2)3;1-8(2)7-9-3-5-10-6-4-9;1-7(2)6-8(10)9-4-3-5-9;1-7(2)6-8-4-3-5-8;1-4-7(8)5-6(2)3;1-2-4-5-3-1;2*1-4-5(2)3;1-2-4-5-3-1;1-2-4-3-1;3*1-2/h9H,3-8H2,1-2H3;2*8H,4-7H2,1-3H3;8H,3-7H2,1-2H3;2*8H,4-7H2,1-3H3;8H,3-7H2,1-2H3;7H,3-6H2,1-2H3;7-8H,3-6H2,1-2H3;6H,4-5H2,1-3H3;1-5H2;2*5H,4H2,1-3H3;1-3H,4H2;1-3H2;2*1-2H3;2H,1H3. The van der Waals surface area contributed by atoms with Gasteiger partial charge in [0.2, 0.25) is 17.7 Å². The summed E-state index contributed by atoms with van der Waals surface area (Å²) in [6, 6.07) is 0. The van der Waals surface area contributed by atoms with Crippen molar-refractivity contribution in [2.75, 3.05) is 99.0 Å². The van der Waals surface area contributed by atoms with E-state index in [2.05, 4.69) is 204 Å². The van der Waals surface area contributed by atoms with Crippen LogP contribution in [-0.2, 0) is 38.2 Å². The first kappa shape index (κ1) is 136. The minimum absolute atomic E-state index is 0.334. The molecule has 5 saturated heterocycles. The number of amides is 3. The Balaban J connectivity index is -0.000000315. The molecule has 11 fully saturated rings. The van der Waals surface area contributed by atoms with Gasteiger partial charge >= 0.3 is 0 Å². The van der Waals surface area contributed by atoms with Crippen LogP contribution in [0.2, 0.25) is 0 Å². The lowest BCUT2D eigenvalue weighted by molar-refractivity contribution is -0.135. The predicted molar refractivity (Wildman–Crippen MR) is 567 cm³/mol. The summed E-state index contributed by atoms with van der Waals surface area (Å²) in [6.45, 7) is 89.5. The molecule has 12 aliphatic rings. The summed E-state index contributed by atoms with van der Waals surface area (Å²) in [4.78, 5) is 78.7. The smallest absolute Gasteiger partial charge is 0.222 e. The Labute approximate surface area is 807 Å². The topological polar surface area (TPSA) is 166 Å². The molecule has 0 aromatic heterocycles. The van der Waals surface area contributed by atoms with Crippen molar-refractivity contribution in [3.05, 3.63) is 12.2 Å². The van der Waals surface area contributed by atoms with E-state index in [9.17, 15) is 28.8 Å². The molecule has 6 saturated carbocycles. The molecule has 0 bridgehead atoms. The molecule has 14 heteroatoms. The minimum Gasteiger partial charge on any atom is -0.400 e. The van der Waals surface area contributed by atoms with Crippen LogP contribution < -0.4 is 0 Å². The fraction of sp³-hybridized carbons (Fsp3) is 0.922. The van der Waals surface area contributed by atoms with Gasteiger partial charge in [0.1, 0.15) is 17.3 Å². The van der Waals surface area contributed by atoms with Gasteiger partial charge < -0.3 is 38.9 Å². The average Bonchev–Trinajstić information content (AvgIpc) is 2.11. The Bertz CT molecular complexity index is 2500. The van der Waals surface area contributed by atoms with Crippen LogP contribution in [0.1, 0.15) is 493 Å². The van der Waals surface area contributed by atoms with Crippen LogP contribution in [0.25, 0.3) is 0 Å². The molecule has 0 aromatic carbocycles. The third-order valence-electron chi connectivity index (χ3n) is 24.9. The number of aliphatic hydroxyl groups is 1. The molecule has 129 heavy (non-hydrogen) atoms. The first-order chi connectivity index (χ1) is 60.8. The molecule has 0 atom stereocenters. The van der Waals surface area contributed by atoms with Crippen LogP contribution in [0.15, 0.2) is 17.1 Å². The molecular weight excluding hydrogens is 1600 g/mol. The number of hydrogen-bond donors (Lipinski definition) is 1. The number of ether oxygens (including phenoxy) is 2. The van der Waals surface area contributed by atoms with Crippen LogP contribution in [0.5, 0.6) is 0 Å². The Kier molecular flexibility index (Phi) is 91.2. The normalized spacial score (nSPS) is 18.1. The highest BCUT2D eigenvalue weighted by Gasteiger charge is 2.45. The van der Waals surface area contributed by atoms with Gasteiger partial charge in [-0.2, -0.15) is 0 Å². The van der Waals surface area contributed by atoms with Gasteiger partial charge in [0.25, 0.3) is 0 Å². The van der Waals surface area contributed by atoms with E-state index in [0.717, 1.165) is 195 Å². The van der Waals surface area contributed by atoms with E-state index in [0.29, 0.717) is 76.0 Å². The lowest BCUT2D eigenvalue weighted by Gasteiger charge is -2.31. The largest absolute Gasteiger partial charge is 0.400 e. The Morgan fingerprint density at radius 3 is 0.798 bits per heavy atom. The van der Waals surface area contributed by atoms with Gasteiger partial charge in [-0.1, -0.05) is 312 Å². The second kappa shape index (κ2) is 86.3. The monoisotopic (exact) mass is 1830 g/mol. The molecule has 0 spiro atoms. The summed E-state index contributed by atoms with van der Waals surface area (Å²) in [6.07, 6.45) is 55.1. The van der Waals surface area contributed by atoms with E-state index in [4.69, 9.17) is 14.6 Å². The van der Waals surface area contributed by atoms with Gasteiger partial charge in [0.15, 0.2) is 0 Å². The lowest BCUT2D eigenvalue weighted by Crippen LogP contribution is -2.42. The van der Waals surface area contributed by atoms with Gasteiger partial charge in [-0.15, -0.1) is 0 Å². The fourth-order valence-electron chi connectivity index (χ4n) is 16.3. The number of likely N-dealkylation sites (tertiary alicyclic amines) is 3. The average molecular weight is 1830 g/mol. The van der Waals surface area contributed by atoms with Gasteiger partial charge in [0, 0.05) is 130 Å². The quantitative estimate of drug-likeness (QED) is 0.0761. The third-order valence-corrected chi connectivity index (χ3v) is 24.9. The highest BCUT2D eigenvalue weighted by Crippen LogP contribution is 2.55. The van der Waals surface area contributed by atoms with Crippen molar-refractivity contribution in [1.29, 1.82) is 0 Å². The van der Waals surface area contributed by atoms with Crippen LogP contribution in [-0.4, -0.2) is 165 Å². The van der Waals surface area contributed by atoms with Crippen molar-refractivity contribution in [3.8, 4) is 0 Å².